The summed E-state index contributed by atoms with van der Waals surface area (Å²) in [7, 11) is 0. The van der Waals surface area contributed by atoms with Gasteiger partial charge in [0.15, 0.2) is 5.82 Å². The molecule has 1 heterocycles. The van der Waals surface area contributed by atoms with Crippen LogP contribution in [0.4, 0.5) is 0 Å². The molecular formula is C29H31N3O2. The highest BCUT2D eigenvalue weighted by atomic mass is 16.5. The normalized spacial score (nSPS) is 11.7. The Morgan fingerprint density at radius 1 is 0.647 bits per heavy atom. The molecule has 0 saturated carbocycles. The molecule has 0 bridgehead atoms. The highest BCUT2D eigenvalue weighted by Crippen LogP contribution is 2.32. The largest absolute Gasteiger partial charge is 0.494 e. The lowest BCUT2D eigenvalue weighted by Crippen LogP contribution is -2.07. The zero-order chi connectivity index (χ0) is 23.8. The predicted octanol–water partition coefficient (Wildman–Crippen LogP) is 6.94. The van der Waals surface area contributed by atoms with Crippen LogP contribution in [0.1, 0.15) is 50.9 Å². The number of benzene rings is 3. The van der Waals surface area contributed by atoms with Gasteiger partial charge in [0.25, 0.3) is 0 Å². The van der Waals surface area contributed by atoms with Crippen molar-refractivity contribution in [3.63, 3.8) is 0 Å². The van der Waals surface area contributed by atoms with Gasteiger partial charge >= 0.3 is 0 Å². The molecule has 174 valence electrons. The lowest BCUT2D eigenvalue weighted by molar-refractivity contribution is 0.317. The van der Waals surface area contributed by atoms with Crippen LogP contribution in [-0.4, -0.2) is 28.4 Å². The third-order valence-electron chi connectivity index (χ3n) is 5.59. The minimum absolute atomic E-state index is 0.0264. The van der Waals surface area contributed by atoms with Crippen LogP contribution < -0.4 is 9.47 Å². The summed E-state index contributed by atoms with van der Waals surface area (Å²) < 4.78 is 11.5. The van der Waals surface area contributed by atoms with Crippen LogP contribution in [0, 0.1) is 0 Å². The van der Waals surface area contributed by atoms with Crippen LogP contribution in [0.25, 0.3) is 22.5 Å². The summed E-state index contributed by atoms with van der Waals surface area (Å²) in [6.45, 7) is 7.70. The van der Waals surface area contributed by atoms with Gasteiger partial charge in [0.1, 0.15) is 22.9 Å². The zero-order valence-electron chi connectivity index (χ0n) is 20.1. The molecule has 0 amide bonds. The van der Waals surface area contributed by atoms with E-state index in [4.69, 9.17) is 14.5 Å². The van der Waals surface area contributed by atoms with Crippen molar-refractivity contribution >= 4 is 0 Å². The van der Waals surface area contributed by atoms with E-state index in [0.29, 0.717) is 19.0 Å². The third kappa shape index (κ3) is 5.60. The van der Waals surface area contributed by atoms with Gasteiger partial charge in [-0.15, -0.1) is 10.2 Å². The second kappa shape index (κ2) is 11.4. The Balaban J connectivity index is 1.73. The van der Waals surface area contributed by atoms with Crippen LogP contribution >= 0.6 is 0 Å². The van der Waals surface area contributed by atoms with E-state index >= 15 is 0 Å². The number of rotatable bonds is 10. The maximum absolute atomic E-state index is 5.76. The molecule has 4 aromatic rings. The van der Waals surface area contributed by atoms with E-state index in [1.54, 1.807) is 0 Å². The van der Waals surface area contributed by atoms with E-state index in [9.17, 15) is 0 Å². The summed E-state index contributed by atoms with van der Waals surface area (Å²) in [5, 5.41) is 9.18. The smallest absolute Gasteiger partial charge is 0.158 e. The van der Waals surface area contributed by atoms with E-state index in [0.717, 1.165) is 52.4 Å². The van der Waals surface area contributed by atoms with Crippen molar-refractivity contribution in [2.24, 2.45) is 0 Å². The van der Waals surface area contributed by atoms with E-state index < -0.39 is 0 Å². The fraction of sp³-hybridized carbons (Fsp3) is 0.276. The van der Waals surface area contributed by atoms with E-state index in [-0.39, 0.29) is 5.92 Å². The molecule has 0 radical (unpaired) electrons. The Kier molecular flexibility index (Phi) is 7.87. The molecule has 0 spiro atoms. The maximum Gasteiger partial charge on any atom is 0.158 e. The number of ether oxygens (including phenoxy) is 2. The first-order valence-corrected chi connectivity index (χ1v) is 12.0. The number of nitrogens with zero attached hydrogens (tertiary/aromatic N) is 3. The Bertz CT molecular complexity index is 1180. The minimum Gasteiger partial charge on any atom is -0.494 e. The van der Waals surface area contributed by atoms with Gasteiger partial charge in [-0.25, -0.2) is 4.98 Å². The second-order valence-electron chi connectivity index (χ2n) is 8.25. The second-order valence-corrected chi connectivity index (χ2v) is 8.25. The minimum atomic E-state index is 0.0264. The molecule has 1 aromatic heterocycles. The highest BCUT2D eigenvalue weighted by molar-refractivity contribution is 5.78. The van der Waals surface area contributed by atoms with Gasteiger partial charge in [-0.3, -0.25) is 0 Å². The first kappa shape index (κ1) is 23.4. The summed E-state index contributed by atoms with van der Waals surface area (Å²) >= 11 is 0. The fourth-order valence-corrected chi connectivity index (χ4v) is 3.67. The van der Waals surface area contributed by atoms with Crippen molar-refractivity contribution in [3.8, 4) is 34.0 Å². The molecule has 0 aliphatic carbocycles. The first-order chi connectivity index (χ1) is 16.7. The SMILES string of the molecule is CCCOc1ccc(-c2nnc(C(C)c3ccccc3)nc2-c2ccc(OCCC)cc2)cc1. The molecule has 5 nitrogen and oxygen atoms in total. The Labute approximate surface area is 201 Å². The van der Waals surface area contributed by atoms with Gasteiger partial charge in [0.2, 0.25) is 0 Å². The Morgan fingerprint density at radius 3 is 1.71 bits per heavy atom. The molecule has 0 aliphatic rings. The average Bonchev–Trinajstić information content (AvgIpc) is 2.91. The monoisotopic (exact) mass is 453 g/mol. The van der Waals surface area contributed by atoms with Crippen molar-refractivity contribution in [2.45, 2.75) is 39.5 Å². The van der Waals surface area contributed by atoms with Crippen molar-refractivity contribution in [1.82, 2.24) is 15.2 Å². The van der Waals surface area contributed by atoms with E-state index in [1.165, 1.54) is 0 Å². The molecular weight excluding hydrogens is 422 g/mol. The summed E-state index contributed by atoms with van der Waals surface area (Å²) in [5.41, 5.74) is 4.62. The van der Waals surface area contributed by atoms with Gasteiger partial charge in [-0.05, 0) is 66.9 Å². The standard InChI is InChI=1S/C29H31N3O2/c1-4-19-33-25-15-11-23(12-16-25)27-28(24-13-17-26(18-14-24)34-20-5-2)31-32-29(30-27)21(3)22-9-7-6-8-10-22/h6-18,21H,4-5,19-20H2,1-3H3. The summed E-state index contributed by atoms with van der Waals surface area (Å²) in [6, 6.07) is 26.3. The van der Waals surface area contributed by atoms with Gasteiger partial charge in [-0.1, -0.05) is 51.1 Å². The Hall–Kier alpha value is -3.73. The number of hydrogen-bond donors (Lipinski definition) is 0. The zero-order valence-corrected chi connectivity index (χ0v) is 20.1. The molecule has 0 N–H and O–H groups in total. The molecule has 3 aromatic carbocycles. The van der Waals surface area contributed by atoms with Crippen LogP contribution in [0.2, 0.25) is 0 Å². The van der Waals surface area contributed by atoms with Crippen molar-refractivity contribution in [1.29, 1.82) is 0 Å². The maximum atomic E-state index is 5.76. The quantitative estimate of drug-likeness (QED) is 0.260. The van der Waals surface area contributed by atoms with Crippen molar-refractivity contribution in [2.75, 3.05) is 13.2 Å². The first-order valence-electron chi connectivity index (χ1n) is 12.0. The molecule has 0 fully saturated rings. The van der Waals surface area contributed by atoms with Crippen LogP contribution in [-0.2, 0) is 0 Å². The molecule has 0 aliphatic heterocycles. The molecule has 1 atom stereocenters. The molecule has 34 heavy (non-hydrogen) atoms. The predicted molar refractivity (Wildman–Crippen MR) is 136 cm³/mol. The number of aromatic nitrogens is 3. The van der Waals surface area contributed by atoms with Gasteiger partial charge in [0, 0.05) is 17.0 Å². The lowest BCUT2D eigenvalue weighted by atomic mass is 9.99. The third-order valence-corrected chi connectivity index (χ3v) is 5.59. The van der Waals surface area contributed by atoms with Crippen LogP contribution in [0.5, 0.6) is 11.5 Å². The van der Waals surface area contributed by atoms with E-state index in [2.05, 4.69) is 43.1 Å². The number of hydrogen-bond acceptors (Lipinski definition) is 5. The fourth-order valence-electron chi connectivity index (χ4n) is 3.67. The Morgan fingerprint density at radius 2 is 1.18 bits per heavy atom. The molecule has 1 unspecified atom stereocenters. The summed E-state index contributed by atoms with van der Waals surface area (Å²) in [4.78, 5) is 5.01. The molecule has 0 saturated heterocycles. The van der Waals surface area contributed by atoms with Gasteiger partial charge < -0.3 is 9.47 Å². The molecule has 5 heteroatoms. The summed E-state index contributed by atoms with van der Waals surface area (Å²) in [6.07, 6.45) is 1.95. The van der Waals surface area contributed by atoms with E-state index in [1.807, 2.05) is 66.7 Å². The summed E-state index contributed by atoms with van der Waals surface area (Å²) in [5.74, 6) is 2.42. The van der Waals surface area contributed by atoms with Gasteiger partial charge in [-0.2, -0.15) is 0 Å². The average molecular weight is 454 g/mol. The topological polar surface area (TPSA) is 57.1 Å². The van der Waals surface area contributed by atoms with Crippen LogP contribution in [0.15, 0.2) is 78.9 Å². The van der Waals surface area contributed by atoms with Crippen molar-refractivity contribution in [3.05, 3.63) is 90.3 Å². The highest BCUT2D eigenvalue weighted by Gasteiger charge is 2.18. The van der Waals surface area contributed by atoms with Crippen LogP contribution in [0.3, 0.4) is 0 Å². The van der Waals surface area contributed by atoms with Gasteiger partial charge in [0.05, 0.1) is 13.2 Å². The lowest BCUT2D eigenvalue weighted by Gasteiger charge is -2.14. The molecule has 4 rings (SSSR count). The van der Waals surface area contributed by atoms with Crippen molar-refractivity contribution < 1.29 is 9.47 Å².